The maximum atomic E-state index is 14.6. The summed E-state index contributed by atoms with van der Waals surface area (Å²) in [6, 6.07) is 21.9. The molecule has 1 atom stereocenters. The average Bonchev–Trinajstić information content (AvgIpc) is 3.02. The molecule has 0 spiro atoms. The molecule has 0 aliphatic carbocycles. The molecule has 0 radical (unpaired) electrons. The van der Waals surface area contributed by atoms with Gasteiger partial charge < -0.3 is 10.2 Å². The Kier molecular flexibility index (Phi) is 11.7. The highest BCUT2D eigenvalue weighted by Crippen LogP contribution is 2.34. The van der Waals surface area contributed by atoms with E-state index in [9.17, 15) is 31.2 Å². The molecule has 260 valence electrons. The number of anilines is 1. The summed E-state index contributed by atoms with van der Waals surface area (Å²) < 4.78 is 70.4. The van der Waals surface area contributed by atoms with Crippen molar-refractivity contribution in [3.63, 3.8) is 0 Å². The van der Waals surface area contributed by atoms with Crippen LogP contribution in [-0.4, -0.2) is 43.3 Å². The number of alkyl halides is 3. The molecule has 0 unspecified atom stereocenters. The first-order valence-corrected chi connectivity index (χ1v) is 17.4. The Morgan fingerprint density at radius 3 is 2.06 bits per heavy atom. The molecular formula is C36H36Cl2F3N3O4S. The van der Waals surface area contributed by atoms with Crippen molar-refractivity contribution in [2.24, 2.45) is 0 Å². The van der Waals surface area contributed by atoms with Gasteiger partial charge in [-0.1, -0.05) is 83.4 Å². The van der Waals surface area contributed by atoms with Crippen LogP contribution in [0.2, 0.25) is 10.0 Å². The van der Waals surface area contributed by atoms with Crippen molar-refractivity contribution in [2.75, 3.05) is 10.8 Å². The van der Waals surface area contributed by atoms with Gasteiger partial charge in [-0.05, 0) is 81.3 Å². The number of halogens is 5. The molecule has 0 aliphatic rings. The van der Waals surface area contributed by atoms with Crippen LogP contribution in [0.15, 0.2) is 102 Å². The van der Waals surface area contributed by atoms with Gasteiger partial charge in [-0.15, -0.1) is 0 Å². The second-order valence-corrected chi connectivity index (χ2v) is 15.3. The largest absolute Gasteiger partial charge is 0.416 e. The fourth-order valence-electron chi connectivity index (χ4n) is 5.05. The number of carbonyl (C=O) groups excluding carboxylic acids is 2. The van der Waals surface area contributed by atoms with Crippen LogP contribution in [0.25, 0.3) is 0 Å². The van der Waals surface area contributed by atoms with Crippen LogP contribution in [-0.2, 0) is 38.8 Å². The average molecular weight is 735 g/mol. The lowest BCUT2D eigenvalue weighted by Gasteiger charge is -2.35. The zero-order chi connectivity index (χ0) is 36.1. The van der Waals surface area contributed by atoms with Crippen molar-refractivity contribution < 1.29 is 31.2 Å². The van der Waals surface area contributed by atoms with Crippen LogP contribution in [0.5, 0.6) is 0 Å². The van der Waals surface area contributed by atoms with Gasteiger partial charge in [-0.25, -0.2) is 8.42 Å². The smallest absolute Gasteiger partial charge is 0.350 e. The molecule has 1 N–H and O–H groups in total. The van der Waals surface area contributed by atoms with Crippen LogP contribution in [0.1, 0.15) is 43.0 Å². The third-order valence-electron chi connectivity index (χ3n) is 7.46. The molecule has 0 fully saturated rings. The van der Waals surface area contributed by atoms with Crippen molar-refractivity contribution in [2.45, 2.75) is 63.3 Å². The number of hydrogen-bond acceptors (Lipinski definition) is 4. The fourth-order valence-corrected chi connectivity index (χ4v) is 6.77. The van der Waals surface area contributed by atoms with Crippen molar-refractivity contribution in [1.29, 1.82) is 0 Å². The van der Waals surface area contributed by atoms with Gasteiger partial charge in [0.05, 0.1) is 26.2 Å². The van der Waals surface area contributed by atoms with Crippen LogP contribution in [0.4, 0.5) is 18.9 Å². The van der Waals surface area contributed by atoms with Crippen LogP contribution in [0.3, 0.4) is 0 Å². The minimum Gasteiger partial charge on any atom is -0.350 e. The summed E-state index contributed by atoms with van der Waals surface area (Å²) in [4.78, 5) is 29.5. The van der Waals surface area contributed by atoms with E-state index in [0.29, 0.717) is 21.5 Å². The summed E-state index contributed by atoms with van der Waals surface area (Å²) in [7, 11) is -4.60. The number of aryl methyl sites for hydroxylation is 1. The summed E-state index contributed by atoms with van der Waals surface area (Å²) in [6.45, 7) is 5.96. The highest BCUT2D eigenvalue weighted by molar-refractivity contribution is 7.92. The molecule has 0 aliphatic heterocycles. The zero-order valence-electron chi connectivity index (χ0n) is 27.3. The Morgan fingerprint density at radius 2 is 1.47 bits per heavy atom. The topological polar surface area (TPSA) is 86.8 Å². The van der Waals surface area contributed by atoms with E-state index in [4.69, 9.17) is 23.2 Å². The normalized spacial score (nSPS) is 12.7. The zero-order valence-corrected chi connectivity index (χ0v) is 29.6. The van der Waals surface area contributed by atoms with Crippen LogP contribution >= 0.6 is 23.2 Å². The monoisotopic (exact) mass is 733 g/mol. The molecule has 0 saturated carbocycles. The van der Waals surface area contributed by atoms with Crippen LogP contribution in [0, 0.1) is 6.92 Å². The Morgan fingerprint density at radius 1 is 0.816 bits per heavy atom. The minimum atomic E-state index is -4.79. The molecule has 13 heteroatoms. The number of benzene rings is 4. The SMILES string of the molecule is Cc1ccc(S(=O)(=O)N(CC(=O)N(Cc2ccc(Cl)c(Cl)c2)[C@H](Cc2ccccc2)C(=O)NC(C)(C)C)c2cccc(C(F)(F)F)c2)cc1. The van der Waals surface area contributed by atoms with E-state index in [-0.39, 0.29) is 33.6 Å². The van der Waals surface area contributed by atoms with Gasteiger partial charge in [0.25, 0.3) is 10.0 Å². The molecule has 0 bridgehead atoms. The van der Waals surface area contributed by atoms with Gasteiger partial charge >= 0.3 is 6.18 Å². The standard InChI is InChI=1S/C36H36Cl2F3N3O4S/c1-24-13-16-29(17-14-24)49(47,48)44(28-12-8-11-27(21-28)36(39,40)41)23-33(45)43(22-26-15-18-30(37)31(38)19-26)32(34(46)42-35(2,3)4)20-25-9-6-5-7-10-25/h5-19,21,32H,20,22-23H2,1-4H3,(H,42,46)/t32-/m1/s1. The van der Waals surface area contributed by atoms with E-state index in [1.165, 1.54) is 35.2 Å². The minimum absolute atomic E-state index is 0.0457. The maximum Gasteiger partial charge on any atom is 0.416 e. The summed E-state index contributed by atoms with van der Waals surface area (Å²) in [6.07, 6.45) is -4.74. The van der Waals surface area contributed by atoms with Crippen molar-refractivity contribution in [1.82, 2.24) is 10.2 Å². The fraction of sp³-hybridized carbons (Fsp3) is 0.278. The Labute approximate surface area is 294 Å². The summed E-state index contributed by atoms with van der Waals surface area (Å²) in [5, 5.41) is 3.37. The molecule has 4 rings (SSSR count). The third kappa shape index (κ3) is 9.99. The predicted octanol–water partition coefficient (Wildman–Crippen LogP) is 8.07. The third-order valence-corrected chi connectivity index (χ3v) is 9.98. The van der Waals surface area contributed by atoms with Crippen molar-refractivity contribution >= 4 is 50.7 Å². The van der Waals surface area contributed by atoms with Gasteiger partial charge in [0, 0.05) is 18.5 Å². The summed E-state index contributed by atoms with van der Waals surface area (Å²) in [5.74, 6) is -1.36. The first-order valence-electron chi connectivity index (χ1n) is 15.2. The quantitative estimate of drug-likeness (QED) is 0.169. The molecular weight excluding hydrogens is 698 g/mol. The lowest BCUT2D eigenvalue weighted by atomic mass is 10.0. The molecule has 4 aromatic carbocycles. The van der Waals surface area contributed by atoms with Gasteiger partial charge in [0.1, 0.15) is 12.6 Å². The second-order valence-electron chi connectivity index (χ2n) is 12.6. The van der Waals surface area contributed by atoms with Gasteiger partial charge in [0.2, 0.25) is 11.8 Å². The first kappa shape index (κ1) is 37.8. The number of nitrogens with zero attached hydrogens (tertiary/aromatic N) is 2. The number of carbonyl (C=O) groups is 2. The molecule has 4 aromatic rings. The maximum absolute atomic E-state index is 14.6. The lowest BCUT2D eigenvalue weighted by Crippen LogP contribution is -2.56. The second kappa shape index (κ2) is 15.2. The summed E-state index contributed by atoms with van der Waals surface area (Å²) in [5.41, 5.74) is -0.231. The molecule has 2 amide bonds. The highest BCUT2D eigenvalue weighted by Gasteiger charge is 2.37. The van der Waals surface area contributed by atoms with E-state index in [1.807, 2.05) is 0 Å². The van der Waals surface area contributed by atoms with E-state index in [1.54, 1.807) is 76.2 Å². The van der Waals surface area contributed by atoms with E-state index in [2.05, 4.69) is 5.32 Å². The molecule has 7 nitrogen and oxygen atoms in total. The van der Waals surface area contributed by atoms with Crippen LogP contribution < -0.4 is 9.62 Å². The Bertz CT molecular complexity index is 1900. The van der Waals surface area contributed by atoms with Gasteiger partial charge in [0.15, 0.2) is 0 Å². The molecule has 49 heavy (non-hydrogen) atoms. The lowest BCUT2D eigenvalue weighted by molar-refractivity contribution is -0.140. The molecule has 0 heterocycles. The van der Waals surface area contributed by atoms with Crippen molar-refractivity contribution in [3.05, 3.63) is 129 Å². The Balaban J connectivity index is 1.87. The molecule has 0 aromatic heterocycles. The predicted molar refractivity (Wildman–Crippen MR) is 186 cm³/mol. The number of hydrogen-bond donors (Lipinski definition) is 1. The van der Waals surface area contributed by atoms with E-state index in [0.717, 1.165) is 17.7 Å². The van der Waals surface area contributed by atoms with E-state index < -0.39 is 51.7 Å². The number of rotatable bonds is 11. The van der Waals surface area contributed by atoms with E-state index >= 15 is 0 Å². The molecule has 0 saturated heterocycles. The highest BCUT2D eigenvalue weighted by atomic mass is 35.5. The summed E-state index contributed by atoms with van der Waals surface area (Å²) >= 11 is 12.4. The van der Waals surface area contributed by atoms with Gasteiger partial charge in [-0.2, -0.15) is 13.2 Å². The van der Waals surface area contributed by atoms with Crippen molar-refractivity contribution in [3.8, 4) is 0 Å². The Hall–Kier alpha value is -4.06. The first-order chi connectivity index (χ1) is 22.8. The number of amides is 2. The number of sulfonamides is 1. The van der Waals surface area contributed by atoms with Gasteiger partial charge in [-0.3, -0.25) is 13.9 Å². The number of nitrogens with one attached hydrogen (secondary N) is 1.